The molecule has 2 aromatic carbocycles. The number of benzene rings is 2. The lowest BCUT2D eigenvalue weighted by Crippen LogP contribution is -2.29. The van der Waals surface area contributed by atoms with Gasteiger partial charge >= 0.3 is 5.97 Å². The average Bonchev–Trinajstić information content (AvgIpc) is 2.86. The van der Waals surface area contributed by atoms with Crippen molar-refractivity contribution in [2.45, 2.75) is 32.6 Å². The van der Waals surface area contributed by atoms with Crippen molar-refractivity contribution in [1.82, 2.24) is 0 Å². The van der Waals surface area contributed by atoms with E-state index in [9.17, 15) is 14.4 Å². The van der Waals surface area contributed by atoms with E-state index >= 15 is 0 Å². The molecule has 0 unspecified atom stereocenters. The second-order valence-corrected chi connectivity index (χ2v) is 7.00. The molecule has 0 aliphatic carbocycles. The molecule has 0 bridgehead atoms. The van der Waals surface area contributed by atoms with Crippen LogP contribution in [0.25, 0.3) is 0 Å². The fraction of sp³-hybridized carbons (Fsp3) is 0.250. The molecule has 0 saturated heterocycles. The molecule has 0 radical (unpaired) electrons. The van der Waals surface area contributed by atoms with Crippen LogP contribution >= 0.6 is 23.2 Å². The highest BCUT2D eigenvalue weighted by Crippen LogP contribution is 2.34. The minimum atomic E-state index is -0.500. The fourth-order valence-electron chi connectivity index (χ4n) is 2.86. The number of esters is 1. The molecule has 0 aromatic heterocycles. The highest BCUT2D eigenvalue weighted by atomic mass is 35.5. The zero-order valence-electron chi connectivity index (χ0n) is 14.6. The van der Waals surface area contributed by atoms with Gasteiger partial charge in [0, 0.05) is 12.5 Å². The first-order valence-electron chi connectivity index (χ1n) is 8.61. The Hall–Kier alpha value is -2.37. The van der Waals surface area contributed by atoms with Gasteiger partial charge < -0.3 is 4.74 Å². The Labute approximate surface area is 166 Å². The van der Waals surface area contributed by atoms with Gasteiger partial charge in [-0.15, -0.1) is 0 Å². The third-order valence-corrected chi connectivity index (χ3v) is 4.94. The molecule has 7 heteroatoms. The van der Waals surface area contributed by atoms with E-state index in [2.05, 4.69) is 6.92 Å². The lowest BCUT2D eigenvalue weighted by molar-refractivity contribution is -0.134. The van der Waals surface area contributed by atoms with E-state index in [0.717, 1.165) is 24.2 Å². The summed E-state index contributed by atoms with van der Waals surface area (Å²) in [4.78, 5) is 38.3. The third kappa shape index (κ3) is 3.99. The van der Waals surface area contributed by atoms with Crippen molar-refractivity contribution < 1.29 is 19.1 Å². The molecular formula is C20H17Cl2NO4. The second kappa shape index (κ2) is 8.11. The van der Waals surface area contributed by atoms with Crippen LogP contribution in [-0.2, 0) is 4.79 Å². The minimum Gasteiger partial charge on any atom is -0.426 e. The van der Waals surface area contributed by atoms with Crippen molar-refractivity contribution in [3.05, 3.63) is 57.6 Å². The summed E-state index contributed by atoms with van der Waals surface area (Å²) in [7, 11) is 0. The first kappa shape index (κ1) is 19.4. The molecule has 5 nitrogen and oxygen atoms in total. The summed E-state index contributed by atoms with van der Waals surface area (Å²) in [5, 5.41) is 0.404. The van der Waals surface area contributed by atoms with Crippen LogP contribution in [0.5, 0.6) is 5.75 Å². The Morgan fingerprint density at radius 3 is 2.22 bits per heavy atom. The maximum absolute atomic E-state index is 12.7. The molecule has 0 N–H and O–H groups in total. The summed E-state index contributed by atoms with van der Waals surface area (Å²) >= 11 is 11.9. The van der Waals surface area contributed by atoms with E-state index in [0.29, 0.717) is 12.1 Å². The highest BCUT2D eigenvalue weighted by molar-refractivity contribution is 6.44. The number of rotatable bonds is 6. The van der Waals surface area contributed by atoms with Gasteiger partial charge in [0.25, 0.3) is 11.8 Å². The molecule has 140 valence electrons. The Kier molecular flexibility index (Phi) is 5.82. The Bertz CT molecular complexity index is 885. The lowest BCUT2D eigenvalue weighted by Gasteiger charge is -2.15. The summed E-state index contributed by atoms with van der Waals surface area (Å²) in [6, 6.07) is 9.08. The van der Waals surface area contributed by atoms with Crippen LogP contribution < -0.4 is 9.64 Å². The Morgan fingerprint density at radius 1 is 1.00 bits per heavy atom. The molecule has 2 aromatic rings. The predicted octanol–water partition coefficient (Wildman–Crippen LogP) is 5.28. The van der Waals surface area contributed by atoms with Gasteiger partial charge in [-0.25, -0.2) is 4.90 Å². The van der Waals surface area contributed by atoms with Gasteiger partial charge in [0.05, 0.1) is 26.9 Å². The quantitative estimate of drug-likeness (QED) is 0.283. The van der Waals surface area contributed by atoms with Crippen LogP contribution in [0.3, 0.4) is 0 Å². The van der Waals surface area contributed by atoms with Crippen LogP contribution in [-0.4, -0.2) is 17.8 Å². The van der Waals surface area contributed by atoms with Crippen LogP contribution in [0.15, 0.2) is 36.4 Å². The molecule has 1 aliphatic heterocycles. The Morgan fingerprint density at radius 2 is 1.63 bits per heavy atom. The van der Waals surface area contributed by atoms with Gasteiger partial charge in [-0.2, -0.15) is 0 Å². The minimum absolute atomic E-state index is 0.191. The summed E-state index contributed by atoms with van der Waals surface area (Å²) in [5.41, 5.74) is 0.694. The molecule has 0 atom stereocenters. The van der Waals surface area contributed by atoms with Crippen molar-refractivity contribution in [3.8, 4) is 5.75 Å². The number of halogens is 2. The smallest absolute Gasteiger partial charge is 0.311 e. The van der Waals surface area contributed by atoms with Gasteiger partial charge in [0.1, 0.15) is 5.75 Å². The molecule has 0 fully saturated rings. The molecule has 3 rings (SSSR count). The van der Waals surface area contributed by atoms with Crippen molar-refractivity contribution in [2.24, 2.45) is 0 Å². The van der Waals surface area contributed by atoms with Crippen molar-refractivity contribution in [1.29, 1.82) is 0 Å². The first-order chi connectivity index (χ1) is 12.9. The average molecular weight is 406 g/mol. The number of nitrogens with zero attached hydrogens (tertiary/aromatic N) is 1. The van der Waals surface area contributed by atoms with Crippen LogP contribution in [0.2, 0.25) is 10.0 Å². The van der Waals surface area contributed by atoms with Crippen molar-refractivity contribution in [2.75, 3.05) is 4.90 Å². The van der Waals surface area contributed by atoms with Gasteiger partial charge in [0.15, 0.2) is 0 Å². The van der Waals surface area contributed by atoms with E-state index in [1.807, 2.05) is 0 Å². The number of unbranched alkanes of at least 4 members (excludes halogenated alkanes) is 2. The molecule has 2 amide bonds. The normalized spacial score (nSPS) is 13.1. The largest absolute Gasteiger partial charge is 0.426 e. The SMILES string of the molecule is CCCCCC(=O)Oc1cccc(N2C(=O)c3cc(Cl)c(Cl)cc3C2=O)c1. The second-order valence-electron chi connectivity index (χ2n) is 6.19. The van der Waals surface area contributed by atoms with Gasteiger partial charge in [-0.1, -0.05) is 49.0 Å². The number of fused-ring (bicyclic) bond motifs is 1. The molecule has 1 aliphatic rings. The van der Waals surface area contributed by atoms with E-state index in [1.165, 1.54) is 18.2 Å². The standard InChI is InChI=1S/C20H17Cl2NO4/c1-2-3-4-8-18(24)27-13-7-5-6-12(9-13)23-19(25)14-10-16(21)17(22)11-15(14)20(23)26/h5-7,9-11H,2-4,8H2,1H3. The third-order valence-electron chi connectivity index (χ3n) is 4.22. The van der Waals surface area contributed by atoms with Crippen LogP contribution in [0.1, 0.15) is 53.3 Å². The van der Waals surface area contributed by atoms with Crippen LogP contribution in [0, 0.1) is 0 Å². The number of amides is 2. The fourth-order valence-corrected chi connectivity index (χ4v) is 3.18. The van der Waals surface area contributed by atoms with E-state index in [-0.39, 0.29) is 32.9 Å². The van der Waals surface area contributed by atoms with Gasteiger partial charge in [-0.05, 0) is 30.7 Å². The summed E-state index contributed by atoms with van der Waals surface area (Å²) in [6.07, 6.45) is 3.04. The van der Waals surface area contributed by atoms with Gasteiger partial charge in [0.2, 0.25) is 0 Å². The highest BCUT2D eigenvalue weighted by Gasteiger charge is 2.37. The zero-order valence-corrected chi connectivity index (χ0v) is 16.1. The zero-order chi connectivity index (χ0) is 19.6. The molecule has 0 spiro atoms. The van der Waals surface area contributed by atoms with Crippen molar-refractivity contribution in [3.63, 3.8) is 0 Å². The van der Waals surface area contributed by atoms with Gasteiger partial charge in [-0.3, -0.25) is 14.4 Å². The maximum atomic E-state index is 12.7. The summed E-state index contributed by atoms with van der Waals surface area (Å²) in [6.45, 7) is 2.05. The number of hydrogen-bond donors (Lipinski definition) is 0. The van der Waals surface area contributed by atoms with E-state index < -0.39 is 11.8 Å². The van der Waals surface area contributed by atoms with E-state index in [1.54, 1.807) is 18.2 Å². The van der Waals surface area contributed by atoms with E-state index in [4.69, 9.17) is 27.9 Å². The Balaban J connectivity index is 1.82. The monoisotopic (exact) mass is 405 g/mol. The lowest BCUT2D eigenvalue weighted by atomic mass is 10.1. The van der Waals surface area contributed by atoms with Crippen LogP contribution in [0.4, 0.5) is 5.69 Å². The number of carbonyl (C=O) groups is 3. The summed E-state index contributed by atoms with van der Waals surface area (Å²) < 4.78 is 5.32. The maximum Gasteiger partial charge on any atom is 0.311 e. The molecular weight excluding hydrogens is 389 g/mol. The number of ether oxygens (including phenoxy) is 1. The first-order valence-corrected chi connectivity index (χ1v) is 9.36. The summed E-state index contributed by atoms with van der Waals surface area (Å²) in [5.74, 6) is -1.07. The number of hydrogen-bond acceptors (Lipinski definition) is 4. The topological polar surface area (TPSA) is 63.7 Å². The van der Waals surface area contributed by atoms with Crippen molar-refractivity contribution >= 4 is 46.7 Å². The number of anilines is 1. The molecule has 1 heterocycles. The number of carbonyl (C=O) groups excluding carboxylic acids is 3. The number of imide groups is 1. The molecule has 27 heavy (non-hydrogen) atoms. The predicted molar refractivity (Wildman–Crippen MR) is 104 cm³/mol. The molecule has 0 saturated carbocycles.